The van der Waals surface area contributed by atoms with Gasteiger partial charge in [-0.25, -0.2) is 19.0 Å². The molecule has 0 atom stereocenters. The Bertz CT molecular complexity index is 1090. The summed E-state index contributed by atoms with van der Waals surface area (Å²) in [4.78, 5) is 23.7. The van der Waals surface area contributed by atoms with Crippen molar-refractivity contribution in [3.05, 3.63) is 60.4 Å². The quantitative estimate of drug-likeness (QED) is 0.552. The minimum Gasteiger partial charge on any atom is -0.338 e. The molecule has 0 saturated carbocycles. The molecule has 4 aromatic heterocycles. The number of rotatable bonds is 2. The van der Waals surface area contributed by atoms with Gasteiger partial charge < -0.3 is 4.90 Å². The first-order chi connectivity index (χ1) is 12.8. The highest BCUT2D eigenvalue weighted by Gasteiger charge is 2.27. The lowest BCUT2D eigenvalue weighted by Gasteiger charge is -2.31. The van der Waals surface area contributed by atoms with Crippen molar-refractivity contribution in [1.82, 2.24) is 34.1 Å². The Balaban J connectivity index is 1.32. The second-order valence-corrected chi connectivity index (χ2v) is 6.50. The summed E-state index contributed by atoms with van der Waals surface area (Å²) in [6.07, 6.45) is 10.6. The van der Waals surface area contributed by atoms with Crippen molar-refractivity contribution in [1.29, 1.82) is 0 Å². The van der Waals surface area contributed by atoms with Crippen LogP contribution in [0.15, 0.2) is 49.2 Å². The van der Waals surface area contributed by atoms with Gasteiger partial charge in [-0.05, 0) is 25.0 Å². The number of fused-ring (bicyclic) bond motifs is 2. The highest BCUT2D eigenvalue weighted by Crippen LogP contribution is 2.28. The molecule has 0 N–H and O–H groups in total. The molecule has 1 amide bonds. The Kier molecular flexibility index (Phi) is 3.41. The van der Waals surface area contributed by atoms with Crippen LogP contribution in [0.3, 0.4) is 0 Å². The Labute approximate surface area is 149 Å². The van der Waals surface area contributed by atoms with Gasteiger partial charge in [0.15, 0.2) is 11.3 Å². The van der Waals surface area contributed by atoms with Crippen molar-refractivity contribution in [2.45, 2.75) is 18.8 Å². The van der Waals surface area contributed by atoms with Crippen LogP contribution in [0, 0.1) is 0 Å². The number of likely N-dealkylation sites (tertiary alicyclic amines) is 1. The number of carbonyl (C=O) groups excluding carboxylic acids is 1. The fourth-order valence-corrected chi connectivity index (χ4v) is 3.58. The van der Waals surface area contributed by atoms with Crippen LogP contribution in [0.5, 0.6) is 0 Å². The molecule has 130 valence electrons. The Hall–Kier alpha value is -3.29. The monoisotopic (exact) mass is 347 g/mol. The van der Waals surface area contributed by atoms with Crippen LogP contribution in [-0.4, -0.2) is 53.1 Å². The van der Waals surface area contributed by atoms with Crippen LogP contribution in [0.4, 0.5) is 0 Å². The van der Waals surface area contributed by atoms with Crippen molar-refractivity contribution >= 4 is 17.2 Å². The lowest BCUT2D eigenvalue weighted by atomic mass is 9.93. The molecule has 5 heterocycles. The lowest BCUT2D eigenvalue weighted by Crippen LogP contribution is -2.38. The highest BCUT2D eigenvalue weighted by molar-refractivity contribution is 5.99. The maximum absolute atomic E-state index is 12.9. The van der Waals surface area contributed by atoms with Gasteiger partial charge in [0.25, 0.3) is 5.91 Å². The average Bonchev–Trinajstić information content (AvgIpc) is 3.34. The smallest absolute Gasteiger partial charge is 0.259 e. The van der Waals surface area contributed by atoms with E-state index in [1.54, 1.807) is 39.9 Å². The number of carbonyl (C=O) groups is 1. The predicted octanol–water partition coefficient (Wildman–Crippen LogP) is 1.79. The zero-order valence-electron chi connectivity index (χ0n) is 14.1. The molecule has 5 rings (SSSR count). The minimum absolute atomic E-state index is 0.00338. The topological polar surface area (TPSA) is 80.7 Å². The van der Waals surface area contributed by atoms with E-state index in [-0.39, 0.29) is 5.91 Å². The molecular weight excluding hydrogens is 330 g/mol. The molecule has 8 nitrogen and oxygen atoms in total. The number of aromatic nitrogens is 6. The minimum atomic E-state index is -0.00338. The van der Waals surface area contributed by atoms with E-state index in [1.165, 1.54) is 0 Å². The molecule has 0 spiro atoms. The molecule has 0 unspecified atom stereocenters. The first kappa shape index (κ1) is 15.0. The normalized spacial score (nSPS) is 15.8. The van der Waals surface area contributed by atoms with Crippen LogP contribution in [0.25, 0.3) is 11.3 Å². The third-order valence-corrected chi connectivity index (χ3v) is 4.99. The van der Waals surface area contributed by atoms with Gasteiger partial charge in [-0.3, -0.25) is 4.79 Å². The van der Waals surface area contributed by atoms with Gasteiger partial charge in [0.05, 0.1) is 12.4 Å². The molecule has 0 radical (unpaired) electrons. The van der Waals surface area contributed by atoms with E-state index >= 15 is 0 Å². The summed E-state index contributed by atoms with van der Waals surface area (Å²) in [5, 5.41) is 8.39. The summed E-state index contributed by atoms with van der Waals surface area (Å²) >= 11 is 0. The first-order valence-electron chi connectivity index (χ1n) is 8.67. The van der Waals surface area contributed by atoms with Gasteiger partial charge in [-0.15, -0.1) is 0 Å². The summed E-state index contributed by atoms with van der Waals surface area (Å²) in [6.45, 7) is 1.42. The van der Waals surface area contributed by atoms with Gasteiger partial charge in [-0.2, -0.15) is 10.2 Å². The van der Waals surface area contributed by atoms with E-state index in [4.69, 9.17) is 4.98 Å². The van der Waals surface area contributed by atoms with E-state index < -0.39 is 0 Å². The first-order valence-corrected chi connectivity index (χ1v) is 8.67. The lowest BCUT2D eigenvalue weighted by molar-refractivity contribution is 0.0714. The fraction of sp³-hybridized carbons (Fsp3) is 0.278. The molecule has 1 aliphatic heterocycles. The van der Waals surface area contributed by atoms with Gasteiger partial charge in [0.1, 0.15) is 5.56 Å². The third-order valence-electron chi connectivity index (χ3n) is 4.99. The molecule has 1 saturated heterocycles. The zero-order valence-corrected chi connectivity index (χ0v) is 14.1. The average molecular weight is 347 g/mol. The van der Waals surface area contributed by atoms with Gasteiger partial charge in [0, 0.05) is 49.4 Å². The number of nitrogens with zero attached hydrogens (tertiary/aromatic N) is 7. The molecule has 1 fully saturated rings. The molecule has 0 aliphatic carbocycles. The Morgan fingerprint density at radius 2 is 1.92 bits per heavy atom. The fourth-order valence-electron chi connectivity index (χ4n) is 3.58. The van der Waals surface area contributed by atoms with Crippen LogP contribution >= 0.6 is 0 Å². The summed E-state index contributed by atoms with van der Waals surface area (Å²) in [5.74, 6) is 0.359. The number of hydrogen-bond acceptors (Lipinski definition) is 5. The molecule has 26 heavy (non-hydrogen) atoms. The van der Waals surface area contributed by atoms with E-state index in [0.717, 1.165) is 24.2 Å². The van der Waals surface area contributed by atoms with E-state index in [9.17, 15) is 4.79 Å². The standard InChI is InChI=1S/C18H17N7O/c26-18(14-12-21-25-8-1-6-19-17(14)25)23-9-3-13(4-10-23)15-5-11-24-16(22-15)2-7-20-24/h1-2,5-8,11-13H,3-4,9-10H2. The predicted molar refractivity (Wildman–Crippen MR) is 93.9 cm³/mol. The van der Waals surface area contributed by atoms with Gasteiger partial charge in [0.2, 0.25) is 0 Å². The summed E-state index contributed by atoms with van der Waals surface area (Å²) in [6, 6.07) is 5.72. The van der Waals surface area contributed by atoms with Crippen LogP contribution < -0.4 is 0 Å². The molecule has 8 heteroatoms. The van der Waals surface area contributed by atoms with Gasteiger partial charge in [-0.1, -0.05) is 0 Å². The highest BCUT2D eigenvalue weighted by atomic mass is 16.2. The summed E-state index contributed by atoms with van der Waals surface area (Å²) in [5.41, 5.74) is 3.09. The van der Waals surface area contributed by atoms with E-state index in [0.29, 0.717) is 30.2 Å². The Morgan fingerprint density at radius 3 is 2.81 bits per heavy atom. The molecule has 0 aromatic carbocycles. The van der Waals surface area contributed by atoms with Crippen molar-refractivity contribution in [3.8, 4) is 0 Å². The maximum Gasteiger partial charge on any atom is 0.259 e. The molecule has 4 aromatic rings. The van der Waals surface area contributed by atoms with Crippen LogP contribution in [-0.2, 0) is 0 Å². The largest absolute Gasteiger partial charge is 0.338 e. The molecule has 1 aliphatic rings. The second kappa shape index (κ2) is 5.91. The summed E-state index contributed by atoms with van der Waals surface area (Å²) < 4.78 is 3.39. The second-order valence-electron chi connectivity index (χ2n) is 6.50. The summed E-state index contributed by atoms with van der Waals surface area (Å²) in [7, 11) is 0. The van der Waals surface area contributed by atoms with Crippen molar-refractivity contribution in [2.75, 3.05) is 13.1 Å². The van der Waals surface area contributed by atoms with Crippen LogP contribution in [0.2, 0.25) is 0 Å². The number of piperidine rings is 1. The Morgan fingerprint density at radius 1 is 1.04 bits per heavy atom. The maximum atomic E-state index is 12.9. The van der Waals surface area contributed by atoms with Gasteiger partial charge >= 0.3 is 0 Å². The molecular formula is C18H17N7O. The molecule has 0 bridgehead atoms. The van der Waals surface area contributed by atoms with Crippen molar-refractivity contribution in [3.63, 3.8) is 0 Å². The van der Waals surface area contributed by atoms with Crippen molar-refractivity contribution in [2.24, 2.45) is 0 Å². The van der Waals surface area contributed by atoms with Crippen molar-refractivity contribution < 1.29 is 4.79 Å². The third kappa shape index (κ3) is 2.42. The number of amides is 1. The van der Waals surface area contributed by atoms with Crippen LogP contribution in [0.1, 0.15) is 34.8 Å². The van der Waals surface area contributed by atoms with E-state index in [1.807, 2.05) is 23.2 Å². The zero-order chi connectivity index (χ0) is 17.5. The SMILES string of the molecule is O=C(c1cnn2cccnc12)N1CCC(c2ccn3nccc3n2)CC1. The number of hydrogen-bond donors (Lipinski definition) is 0. The van der Waals surface area contributed by atoms with E-state index in [2.05, 4.69) is 15.2 Å².